The molecule has 0 bridgehead atoms. The number of carbonyl (C=O) groups excluding carboxylic acids is 2. The third-order valence-corrected chi connectivity index (χ3v) is 5.64. The number of nitrogens with zero attached hydrogens (tertiary/aromatic N) is 3. The second kappa shape index (κ2) is 8.75. The van der Waals surface area contributed by atoms with E-state index < -0.39 is 11.8 Å². The Morgan fingerprint density at radius 2 is 1.85 bits per heavy atom. The number of amides is 2. The standard InChI is InChI=1S/C23H24N8O2/c1-14-12-15(31-10-8-24-9-11-31)6-7-16(14)27-21(32)19-20(26-13-25-19)22(33)30-23-28-17-4-2-3-5-18(17)29-23/h2-7,12-13,24H,8-11H2,1H3,(H,25,26)(H,27,32)(H2,28,29,30,33). The normalized spacial score (nSPS) is 13.8. The van der Waals surface area contributed by atoms with E-state index in [2.05, 4.69) is 46.9 Å². The number of nitrogens with one attached hydrogen (secondary N) is 5. The number of benzene rings is 2. The number of H-pyrrole nitrogens is 2. The third kappa shape index (κ3) is 4.28. The highest BCUT2D eigenvalue weighted by atomic mass is 16.2. The molecule has 10 heteroatoms. The molecule has 1 fully saturated rings. The van der Waals surface area contributed by atoms with Gasteiger partial charge in [0.25, 0.3) is 11.8 Å². The Labute approximate surface area is 189 Å². The van der Waals surface area contributed by atoms with Gasteiger partial charge >= 0.3 is 0 Å². The molecule has 0 saturated carbocycles. The first-order valence-corrected chi connectivity index (χ1v) is 10.8. The van der Waals surface area contributed by atoms with E-state index in [0.29, 0.717) is 11.6 Å². The molecule has 33 heavy (non-hydrogen) atoms. The number of para-hydroxylation sites is 2. The van der Waals surface area contributed by atoms with Gasteiger partial charge in [0.2, 0.25) is 5.95 Å². The van der Waals surface area contributed by atoms with E-state index in [0.717, 1.165) is 48.5 Å². The Bertz CT molecular complexity index is 1290. The Balaban J connectivity index is 1.30. The number of hydrogen-bond acceptors (Lipinski definition) is 6. The van der Waals surface area contributed by atoms with Crippen LogP contribution in [0, 0.1) is 6.92 Å². The summed E-state index contributed by atoms with van der Waals surface area (Å²) < 4.78 is 0. The van der Waals surface area contributed by atoms with Crippen LogP contribution in [0.3, 0.4) is 0 Å². The number of aryl methyl sites for hydroxylation is 1. The Hall–Kier alpha value is -4.18. The van der Waals surface area contributed by atoms with Crippen LogP contribution in [0.5, 0.6) is 0 Å². The van der Waals surface area contributed by atoms with Gasteiger partial charge in [0.15, 0.2) is 5.69 Å². The van der Waals surface area contributed by atoms with Crippen molar-refractivity contribution in [3.63, 3.8) is 0 Å². The van der Waals surface area contributed by atoms with E-state index in [-0.39, 0.29) is 11.4 Å². The topological polar surface area (TPSA) is 131 Å². The summed E-state index contributed by atoms with van der Waals surface area (Å²) in [6, 6.07) is 13.4. The van der Waals surface area contributed by atoms with Crippen LogP contribution >= 0.6 is 0 Å². The van der Waals surface area contributed by atoms with Crippen molar-refractivity contribution in [2.45, 2.75) is 6.92 Å². The number of hydrogen-bond donors (Lipinski definition) is 5. The van der Waals surface area contributed by atoms with Crippen LogP contribution in [0.4, 0.5) is 17.3 Å². The molecule has 0 aliphatic carbocycles. The fourth-order valence-corrected chi connectivity index (χ4v) is 3.91. The first kappa shape index (κ1) is 20.7. The predicted molar refractivity (Wildman–Crippen MR) is 127 cm³/mol. The summed E-state index contributed by atoms with van der Waals surface area (Å²) in [7, 11) is 0. The third-order valence-electron chi connectivity index (χ3n) is 5.64. The van der Waals surface area contributed by atoms with E-state index in [4.69, 9.17) is 0 Å². The summed E-state index contributed by atoms with van der Waals surface area (Å²) in [4.78, 5) is 42.2. The van der Waals surface area contributed by atoms with Gasteiger partial charge in [-0.2, -0.15) is 0 Å². The molecule has 2 amide bonds. The highest BCUT2D eigenvalue weighted by Crippen LogP contribution is 2.24. The molecule has 0 atom stereocenters. The zero-order valence-electron chi connectivity index (χ0n) is 18.1. The zero-order chi connectivity index (χ0) is 22.8. The number of imidazole rings is 2. The summed E-state index contributed by atoms with van der Waals surface area (Å²) in [6.45, 7) is 5.75. The van der Waals surface area contributed by atoms with Crippen molar-refractivity contribution in [2.24, 2.45) is 0 Å². The lowest BCUT2D eigenvalue weighted by atomic mass is 10.1. The molecule has 4 aromatic rings. The van der Waals surface area contributed by atoms with Crippen LogP contribution in [0.15, 0.2) is 48.8 Å². The molecule has 0 radical (unpaired) electrons. The van der Waals surface area contributed by atoms with Crippen molar-refractivity contribution in [1.29, 1.82) is 0 Å². The van der Waals surface area contributed by atoms with Crippen LogP contribution in [-0.2, 0) is 0 Å². The van der Waals surface area contributed by atoms with Crippen molar-refractivity contribution in [2.75, 3.05) is 41.7 Å². The molecule has 2 aromatic heterocycles. The van der Waals surface area contributed by atoms with Gasteiger partial charge in [-0.1, -0.05) is 12.1 Å². The highest BCUT2D eigenvalue weighted by Gasteiger charge is 2.22. The van der Waals surface area contributed by atoms with Crippen LogP contribution < -0.4 is 20.9 Å². The highest BCUT2D eigenvalue weighted by molar-refractivity contribution is 6.13. The second-order valence-corrected chi connectivity index (χ2v) is 7.87. The summed E-state index contributed by atoms with van der Waals surface area (Å²) in [6.07, 6.45) is 1.32. The fraction of sp³-hybridized carbons (Fsp3) is 0.217. The quantitative estimate of drug-likeness (QED) is 0.321. The molecule has 1 saturated heterocycles. The maximum absolute atomic E-state index is 12.9. The van der Waals surface area contributed by atoms with E-state index in [1.807, 2.05) is 43.3 Å². The molecular formula is C23H24N8O2. The lowest BCUT2D eigenvalue weighted by Gasteiger charge is -2.30. The fourth-order valence-electron chi connectivity index (χ4n) is 3.91. The van der Waals surface area contributed by atoms with Crippen molar-refractivity contribution < 1.29 is 9.59 Å². The van der Waals surface area contributed by atoms with Gasteiger partial charge in [-0.25, -0.2) is 9.97 Å². The molecule has 1 aliphatic heterocycles. The molecule has 10 nitrogen and oxygen atoms in total. The van der Waals surface area contributed by atoms with E-state index in [1.54, 1.807) is 0 Å². The number of piperazine rings is 1. The lowest BCUT2D eigenvalue weighted by Crippen LogP contribution is -2.43. The van der Waals surface area contributed by atoms with Crippen molar-refractivity contribution in [3.05, 3.63) is 65.7 Å². The number of fused-ring (bicyclic) bond motifs is 1. The number of aromatic nitrogens is 4. The molecule has 5 N–H and O–H groups in total. The van der Waals surface area contributed by atoms with Crippen molar-refractivity contribution in [1.82, 2.24) is 25.3 Å². The van der Waals surface area contributed by atoms with Gasteiger partial charge in [0.1, 0.15) is 5.69 Å². The van der Waals surface area contributed by atoms with Gasteiger partial charge in [0, 0.05) is 37.6 Å². The van der Waals surface area contributed by atoms with E-state index in [9.17, 15) is 9.59 Å². The van der Waals surface area contributed by atoms with Crippen LogP contribution in [0.25, 0.3) is 11.0 Å². The van der Waals surface area contributed by atoms with Crippen molar-refractivity contribution >= 4 is 40.2 Å². The molecule has 5 rings (SSSR count). The summed E-state index contributed by atoms with van der Waals surface area (Å²) in [5.74, 6) is -0.687. The van der Waals surface area contributed by atoms with E-state index >= 15 is 0 Å². The summed E-state index contributed by atoms with van der Waals surface area (Å²) in [5.41, 5.74) is 4.33. The van der Waals surface area contributed by atoms with Gasteiger partial charge in [-0.15, -0.1) is 0 Å². The predicted octanol–water partition coefficient (Wildman–Crippen LogP) is 2.51. The Kier molecular flexibility index (Phi) is 5.49. The van der Waals surface area contributed by atoms with Gasteiger partial charge in [-0.3, -0.25) is 14.9 Å². The Morgan fingerprint density at radius 1 is 1.03 bits per heavy atom. The summed E-state index contributed by atoms with van der Waals surface area (Å²) in [5, 5.41) is 8.89. The van der Waals surface area contributed by atoms with Crippen LogP contribution in [0.2, 0.25) is 0 Å². The molecule has 2 aromatic carbocycles. The first-order chi connectivity index (χ1) is 16.1. The molecule has 3 heterocycles. The minimum absolute atomic E-state index is 0.00851. The minimum atomic E-state index is -0.512. The number of aromatic amines is 2. The minimum Gasteiger partial charge on any atom is -0.369 e. The lowest BCUT2D eigenvalue weighted by molar-refractivity contribution is 0.0985. The van der Waals surface area contributed by atoms with Gasteiger partial charge in [0.05, 0.1) is 17.4 Å². The Morgan fingerprint density at radius 3 is 2.64 bits per heavy atom. The monoisotopic (exact) mass is 444 g/mol. The maximum atomic E-state index is 12.9. The zero-order valence-corrected chi connectivity index (χ0v) is 18.1. The first-order valence-electron chi connectivity index (χ1n) is 10.8. The smallest absolute Gasteiger partial charge is 0.276 e. The second-order valence-electron chi connectivity index (χ2n) is 7.87. The molecule has 0 unspecified atom stereocenters. The molecule has 168 valence electrons. The molecule has 0 spiro atoms. The summed E-state index contributed by atoms with van der Waals surface area (Å²) >= 11 is 0. The van der Waals surface area contributed by atoms with Crippen molar-refractivity contribution in [3.8, 4) is 0 Å². The average Bonchev–Trinajstić information content (AvgIpc) is 3.48. The average molecular weight is 444 g/mol. The maximum Gasteiger partial charge on any atom is 0.276 e. The van der Waals surface area contributed by atoms with Gasteiger partial charge < -0.3 is 25.5 Å². The van der Waals surface area contributed by atoms with Crippen LogP contribution in [-0.4, -0.2) is 57.9 Å². The molecule has 1 aliphatic rings. The SMILES string of the molecule is Cc1cc(N2CCNCC2)ccc1NC(=O)c1nc[nH]c1C(=O)Nc1nc2ccccc2[nH]1. The number of carbonyl (C=O) groups is 2. The van der Waals surface area contributed by atoms with Crippen LogP contribution in [0.1, 0.15) is 26.5 Å². The number of rotatable bonds is 5. The van der Waals surface area contributed by atoms with Gasteiger partial charge in [-0.05, 0) is 42.8 Å². The molecular weight excluding hydrogens is 420 g/mol. The largest absolute Gasteiger partial charge is 0.369 e. The number of anilines is 3. The van der Waals surface area contributed by atoms with E-state index in [1.165, 1.54) is 6.33 Å².